The van der Waals surface area contributed by atoms with E-state index in [1.807, 2.05) is 12.3 Å². The lowest BCUT2D eigenvalue weighted by Gasteiger charge is -2.02. The molecule has 2 heterocycles. The van der Waals surface area contributed by atoms with Crippen LogP contribution in [0.4, 0.5) is 16.8 Å². The van der Waals surface area contributed by atoms with E-state index in [1.165, 1.54) is 11.3 Å². The van der Waals surface area contributed by atoms with E-state index in [9.17, 15) is 0 Å². The Balaban J connectivity index is 2.23. The van der Waals surface area contributed by atoms with Gasteiger partial charge in [0.1, 0.15) is 0 Å². The van der Waals surface area contributed by atoms with Gasteiger partial charge in [0.15, 0.2) is 16.8 Å². The molecule has 0 aliphatic heterocycles. The Morgan fingerprint density at radius 1 is 1.36 bits per heavy atom. The van der Waals surface area contributed by atoms with Gasteiger partial charge in [0.05, 0.1) is 5.69 Å². The highest BCUT2D eigenvalue weighted by Crippen LogP contribution is 2.21. The van der Waals surface area contributed by atoms with Crippen LogP contribution in [0.1, 0.15) is 5.69 Å². The number of hydrogen-bond donors (Lipinski definition) is 2. The summed E-state index contributed by atoms with van der Waals surface area (Å²) < 4.78 is 0. The number of anilines is 3. The van der Waals surface area contributed by atoms with Gasteiger partial charge in [-0.15, -0.1) is 11.3 Å². The molecule has 72 valence electrons. The summed E-state index contributed by atoms with van der Waals surface area (Å²) in [5.41, 5.74) is 6.59. The Hall–Kier alpha value is -1.69. The van der Waals surface area contributed by atoms with E-state index in [0.717, 1.165) is 10.8 Å². The molecule has 5 nitrogen and oxygen atoms in total. The van der Waals surface area contributed by atoms with E-state index in [4.69, 9.17) is 5.73 Å². The number of aryl methyl sites for hydroxylation is 1. The van der Waals surface area contributed by atoms with E-state index in [0.29, 0.717) is 11.6 Å². The third-order valence-corrected chi connectivity index (χ3v) is 2.45. The summed E-state index contributed by atoms with van der Waals surface area (Å²) in [4.78, 5) is 12.2. The van der Waals surface area contributed by atoms with Crippen molar-refractivity contribution in [1.29, 1.82) is 0 Å². The molecule has 0 saturated heterocycles. The fourth-order valence-corrected chi connectivity index (χ4v) is 1.64. The first-order chi connectivity index (χ1) is 6.75. The van der Waals surface area contributed by atoms with Crippen LogP contribution >= 0.6 is 11.3 Å². The minimum absolute atomic E-state index is 0.375. The van der Waals surface area contributed by atoms with E-state index in [1.54, 1.807) is 12.4 Å². The van der Waals surface area contributed by atoms with Crippen LogP contribution in [0.25, 0.3) is 0 Å². The van der Waals surface area contributed by atoms with Gasteiger partial charge in [-0.05, 0) is 6.92 Å². The van der Waals surface area contributed by atoms with Crippen molar-refractivity contribution in [3.63, 3.8) is 0 Å². The van der Waals surface area contributed by atoms with Crippen molar-refractivity contribution < 1.29 is 0 Å². The zero-order valence-electron chi connectivity index (χ0n) is 7.56. The molecular formula is C8H9N5S. The van der Waals surface area contributed by atoms with Crippen molar-refractivity contribution in [2.24, 2.45) is 0 Å². The molecule has 3 N–H and O–H groups in total. The van der Waals surface area contributed by atoms with Gasteiger partial charge in [0.25, 0.3) is 0 Å². The maximum absolute atomic E-state index is 5.62. The lowest BCUT2D eigenvalue weighted by Crippen LogP contribution is -2.00. The van der Waals surface area contributed by atoms with Crippen molar-refractivity contribution in [1.82, 2.24) is 15.0 Å². The summed E-state index contributed by atoms with van der Waals surface area (Å²) in [5, 5.41) is 5.73. The molecule has 0 bridgehead atoms. The SMILES string of the molecule is Cc1csc(Nc2nccnc2N)n1. The van der Waals surface area contributed by atoms with Crippen molar-refractivity contribution in [2.45, 2.75) is 6.92 Å². The van der Waals surface area contributed by atoms with E-state index < -0.39 is 0 Å². The summed E-state index contributed by atoms with van der Waals surface area (Å²) >= 11 is 1.51. The van der Waals surface area contributed by atoms with Crippen LogP contribution in [-0.4, -0.2) is 15.0 Å². The normalized spacial score (nSPS) is 10.1. The molecule has 0 saturated carbocycles. The van der Waals surface area contributed by atoms with Gasteiger partial charge in [-0.2, -0.15) is 0 Å². The number of aromatic nitrogens is 3. The van der Waals surface area contributed by atoms with Crippen molar-refractivity contribution in [3.8, 4) is 0 Å². The van der Waals surface area contributed by atoms with E-state index >= 15 is 0 Å². The molecule has 6 heteroatoms. The Bertz CT molecular complexity index is 439. The number of nitrogens with two attached hydrogens (primary N) is 1. The first kappa shape index (κ1) is 8.89. The Morgan fingerprint density at radius 3 is 2.79 bits per heavy atom. The molecule has 2 aromatic heterocycles. The van der Waals surface area contributed by atoms with Crippen LogP contribution in [0.15, 0.2) is 17.8 Å². The number of nitrogen functional groups attached to an aromatic ring is 1. The summed E-state index contributed by atoms with van der Waals surface area (Å²) in [6.45, 7) is 1.93. The van der Waals surface area contributed by atoms with Crippen molar-refractivity contribution >= 4 is 28.1 Å². The summed E-state index contributed by atoms with van der Waals surface area (Å²) in [6.07, 6.45) is 3.13. The van der Waals surface area contributed by atoms with Gasteiger partial charge in [0, 0.05) is 17.8 Å². The number of nitrogens with one attached hydrogen (secondary N) is 1. The highest BCUT2D eigenvalue weighted by molar-refractivity contribution is 7.13. The minimum Gasteiger partial charge on any atom is -0.381 e. The molecule has 0 spiro atoms. The summed E-state index contributed by atoms with van der Waals surface area (Å²) in [7, 11) is 0. The first-order valence-corrected chi connectivity index (χ1v) is 4.89. The predicted molar refractivity (Wildman–Crippen MR) is 56.6 cm³/mol. The topological polar surface area (TPSA) is 76.7 Å². The number of thiazole rings is 1. The molecule has 0 amide bonds. The monoisotopic (exact) mass is 207 g/mol. The zero-order valence-corrected chi connectivity index (χ0v) is 8.38. The fraction of sp³-hybridized carbons (Fsp3) is 0.125. The van der Waals surface area contributed by atoms with Crippen LogP contribution < -0.4 is 11.1 Å². The van der Waals surface area contributed by atoms with Gasteiger partial charge in [0.2, 0.25) is 0 Å². The second kappa shape index (κ2) is 3.59. The average molecular weight is 207 g/mol. The average Bonchev–Trinajstić information content (AvgIpc) is 2.56. The lowest BCUT2D eigenvalue weighted by molar-refractivity contribution is 1.19. The Morgan fingerprint density at radius 2 is 2.14 bits per heavy atom. The third kappa shape index (κ3) is 1.80. The molecule has 2 aromatic rings. The number of hydrogen-bond acceptors (Lipinski definition) is 6. The molecule has 0 aliphatic rings. The lowest BCUT2D eigenvalue weighted by atomic mass is 10.6. The van der Waals surface area contributed by atoms with Gasteiger partial charge in [-0.1, -0.05) is 0 Å². The van der Waals surface area contributed by atoms with Crippen LogP contribution in [0.5, 0.6) is 0 Å². The molecule has 0 atom stereocenters. The maximum Gasteiger partial charge on any atom is 0.188 e. The molecule has 14 heavy (non-hydrogen) atoms. The summed E-state index contributed by atoms with van der Waals surface area (Å²) in [6, 6.07) is 0. The largest absolute Gasteiger partial charge is 0.381 e. The van der Waals surface area contributed by atoms with Crippen LogP contribution in [-0.2, 0) is 0 Å². The number of rotatable bonds is 2. The summed E-state index contributed by atoms with van der Waals surface area (Å²) in [5.74, 6) is 0.919. The van der Waals surface area contributed by atoms with Gasteiger partial charge < -0.3 is 11.1 Å². The highest BCUT2D eigenvalue weighted by atomic mass is 32.1. The molecule has 0 radical (unpaired) electrons. The van der Waals surface area contributed by atoms with Crippen LogP contribution in [0.3, 0.4) is 0 Å². The first-order valence-electron chi connectivity index (χ1n) is 4.01. The quantitative estimate of drug-likeness (QED) is 0.781. The predicted octanol–water partition coefficient (Wildman–Crippen LogP) is 1.57. The Kier molecular flexibility index (Phi) is 2.28. The molecule has 0 unspecified atom stereocenters. The second-order valence-corrected chi connectivity index (χ2v) is 3.57. The van der Waals surface area contributed by atoms with Gasteiger partial charge in [-0.25, -0.2) is 15.0 Å². The highest BCUT2D eigenvalue weighted by Gasteiger charge is 2.03. The smallest absolute Gasteiger partial charge is 0.188 e. The van der Waals surface area contributed by atoms with Gasteiger partial charge in [-0.3, -0.25) is 0 Å². The van der Waals surface area contributed by atoms with Crippen molar-refractivity contribution in [2.75, 3.05) is 11.1 Å². The van der Waals surface area contributed by atoms with Crippen molar-refractivity contribution in [3.05, 3.63) is 23.5 Å². The zero-order chi connectivity index (χ0) is 9.97. The molecule has 0 fully saturated rings. The molecule has 0 aliphatic carbocycles. The molecular weight excluding hydrogens is 198 g/mol. The minimum atomic E-state index is 0.375. The van der Waals surface area contributed by atoms with Gasteiger partial charge >= 0.3 is 0 Å². The fourth-order valence-electron chi connectivity index (χ4n) is 0.958. The molecule has 2 rings (SSSR count). The second-order valence-electron chi connectivity index (χ2n) is 2.71. The van der Waals surface area contributed by atoms with Crippen LogP contribution in [0, 0.1) is 6.92 Å². The third-order valence-electron chi connectivity index (χ3n) is 1.57. The Labute approximate surface area is 85.0 Å². The number of nitrogens with zero attached hydrogens (tertiary/aromatic N) is 3. The van der Waals surface area contributed by atoms with E-state index in [-0.39, 0.29) is 0 Å². The standard InChI is InChI=1S/C8H9N5S/c1-5-4-14-8(12-5)13-7-6(9)10-2-3-11-7/h2-4H,1H3,(H2,9,10)(H,11,12,13). The van der Waals surface area contributed by atoms with E-state index in [2.05, 4.69) is 20.3 Å². The van der Waals surface area contributed by atoms with Crippen LogP contribution in [0.2, 0.25) is 0 Å². The maximum atomic E-state index is 5.62. The molecule has 0 aromatic carbocycles.